The van der Waals surface area contributed by atoms with E-state index in [1.165, 1.54) is 18.2 Å². The number of anilines is 1. The first-order valence-corrected chi connectivity index (χ1v) is 6.56. The fourth-order valence-electron chi connectivity index (χ4n) is 2.19. The molecule has 0 fully saturated rings. The van der Waals surface area contributed by atoms with Crippen molar-refractivity contribution in [1.29, 1.82) is 0 Å². The summed E-state index contributed by atoms with van der Waals surface area (Å²) in [4.78, 5) is 29.7. The highest BCUT2D eigenvalue weighted by molar-refractivity contribution is 6.04. The van der Waals surface area contributed by atoms with Crippen LogP contribution in [0.2, 0.25) is 0 Å². The number of nitro groups is 1. The Morgan fingerprint density at radius 1 is 1.27 bits per heavy atom. The van der Waals surface area contributed by atoms with Crippen LogP contribution in [0.1, 0.15) is 15.9 Å². The van der Waals surface area contributed by atoms with E-state index in [1.807, 2.05) is 24.3 Å². The molecular formula is C15H12N4O3. The summed E-state index contributed by atoms with van der Waals surface area (Å²) >= 11 is 0. The van der Waals surface area contributed by atoms with Crippen LogP contribution in [-0.2, 0) is 0 Å². The van der Waals surface area contributed by atoms with Gasteiger partial charge in [0.25, 0.3) is 11.6 Å². The van der Waals surface area contributed by atoms with Crippen molar-refractivity contribution in [3.8, 4) is 0 Å². The van der Waals surface area contributed by atoms with E-state index in [2.05, 4.69) is 15.3 Å². The first kappa shape index (κ1) is 13.7. The number of H-pyrrole nitrogens is 1. The number of amides is 1. The lowest BCUT2D eigenvalue weighted by atomic mass is 10.1. The second kappa shape index (κ2) is 5.28. The van der Waals surface area contributed by atoms with E-state index in [1.54, 1.807) is 6.92 Å². The summed E-state index contributed by atoms with van der Waals surface area (Å²) in [5.74, 6) is -0.0424. The Kier molecular flexibility index (Phi) is 3.30. The number of aryl methyl sites for hydroxylation is 1. The number of nitrogens with zero attached hydrogens (tertiary/aromatic N) is 2. The zero-order valence-corrected chi connectivity index (χ0v) is 11.7. The quantitative estimate of drug-likeness (QED) is 0.573. The number of rotatable bonds is 3. The molecular weight excluding hydrogens is 284 g/mol. The van der Waals surface area contributed by atoms with Gasteiger partial charge < -0.3 is 4.98 Å². The number of nitro benzene ring substituents is 1. The monoisotopic (exact) mass is 296 g/mol. The average Bonchev–Trinajstić information content (AvgIpc) is 2.88. The van der Waals surface area contributed by atoms with Crippen LogP contribution >= 0.6 is 0 Å². The van der Waals surface area contributed by atoms with Gasteiger partial charge in [0.2, 0.25) is 5.95 Å². The summed E-state index contributed by atoms with van der Waals surface area (Å²) in [5, 5.41) is 13.4. The predicted octanol–water partition coefficient (Wildman–Crippen LogP) is 3.03. The summed E-state index contributed by atoms with van der Waals surface area (Å²) in [6.07, 6.45) is 0. The number of benzene rings is 2. The Balaban J connectivity index is 1.85. The van der Waals surface area contributed by atoms with Crippen LogP contribution < -0.4 is 5.32 Å². The van der Waals surface area contributed by atoms with Gasteiger partial charge in [-0.05, 0) is 31.2 Å². The Labute approximate surface area is 125 Å². The molecule has 0 radical (unpaired) electrons. The van der Waals surface area contributed by atoms with Gasteiger partial charge in [-0.15, -0.1) is 0 Å². The van der Waals surface area contributed by atoms with Gasteiger partial charge in [-0.3, -0.25) is 20.2 Å². The number of aromatic nitrogens is 2. The number of para-hydroxylation sites is 2. The molecule has 0 aliphatic carbocycles. The number of nitrogens with one attached hydrogen (secondary N) is 2. The first-order valence-electron chi connectivity index (χ1n) is 6.56. The normalized spacial score (nSPS) is 10.6. The highest BCUT2D eigenvalue weighted by Gasteiger charge is 2.14. The second-order valence-corrected chi connectivity index (χ2v) is 4.82. The third-order valence-electron chi connectivity index (χ3n) is 3.28. The molecule has 2 N–H and O–H groups in total. The number of carbonyl (C=O) groups excluding carboxylic acids is 1. The smallest absolute Gasteiger partial charge is 0.272 e. The minimum Gasteiger partial charge on any atom is -0.324 e. The molecule has 3 rings (SSSR count). The third-order valence-corrected chi connectivity index (χ3v) is 3.28. The van der Waals surface area contributed by atoms with E-state index >= 15 is 0 Å². The number of hydrogen-bond donors (Lipinski definition) is 2. The molecule has 2 aromatic carbocycles. The molecule has 3 aromatic rings. The predicted molar refractivity (Wildman–Crippen MR) is 81.9 cm³/mol. The molecule has 7 nitrogen and oxygen atoms in total. The van der Waals surface area contributed by atoms with Crippen LogP contribution in [0, 0.1) is 17.0 Å². The fourth-order valence-corrected chi connectivity index (χ4v) is 2.19. The maximum atomic E-state index is 12.2. The maximum absolute atomic E-state index is 12.2. The van der Waals surface area contributed by atoms with E-state index in [0.717, 1.165) is 11.0 Å². The molecule has 1 heterocycles. The summed E-state index contributed by atoms with van der Waals surface area (Å²) < 4.78 is 0. The zero-order chi connectivity index (χ0) is 15.7. The van der Waals surface area contributed by atoms with Gasteiger partial charge in [-0.25, -0.2) is 4.98 Å². The highest BCUT2D eigenvalue weighted by Crippen LogP contribution is 2.20. The van der Waals surface area contributed by atoms with Gasteiger partial charge in [-0.1, -0.05) is 12.1 Å². The fraction of sp³-hybridized carbons (Fsp3) is 0.0667. The minimum absolute atomic E-state index is 0.0136. The van der Waals surface area contributed by atoms with Crippen molar-refractivity contribution < 1.29 is 9.72 Å². The largest absolute Gasteiger partial charge is 0.324 e. The van der Waals surface area contributed by atoms with Crippen LogP contribution in [0.4, 0.5) is 11.6 Å². The maximum Gasteiger partial charge on any atom is 0.272 e. The van der Waals surface area contributed by atoms with Crippen LogP contribution in [0.3, 0.4) is 0 Å². The van der Waals surface area contributed by atoms with Crippen molar-refractivity contribution >= 4 is 28.6 Å². The van der Waals surface area contributed by atoms with Gasteiger partial charge in [-0.2, -0.15) is 0 Å². The standard InChI is InChI=1S/C15H12N4O3/c1-9-8-10(6-7-13(9)19(21)22)14(20)18-15-16-11-4-2-3-5-12(11)17-15/h2-8H,1H3,(H2,16,17,18,20). The molecule has 0 saturated heterocycles. The molecule has 1 amide bonds. The Bertz CT molecular complexity index is 852. The molecule has 0 saturated carbocycles. The third kappa shape index (κ3) is 2.51. The lowest BCUT2D eigenvalue weighted by Gasteiger charge is -2.03. The molecule has 0 aliphatic heterocycles. The lowest BCUT2D eigenvalue weighted by Crippen LogP contribution is -2.13. The number of carbonyl (C=O) groups is 1. The van der Waals surface area contributed by atoms with Gasteiger partial charge in [0, 0.05) is 17.2 Å². The average molecular weight is 296 g/mol. The molecule has 0 unspecified atom stereocenters. The van der Waals surface area contributed by atoms with Crippen molar-refractivity contribution in [3.63, 3.8) is 0 Å². The number of fused-ring (bicyclic) bond motifs is 1. The minimum atomic E-state index is -0.476. The van der Waals surface area contributed by atoms with E-state index in [0.29, 0.717) is 17.1 Å². The SMILES string of the molecule is Cc1cc(C(=O)Nc2nc3ccccc3[nH]2)ccc1[N+](=O)[O-]. The molecule has 0 spiro atoms. The van der Waals surface area contributed by atoms with E-state index in [9.17, 15) is 14.9 Å². The number of hydrogen-bond acceptors (Lipinski definition) is 4. The molecule has 1 aromatic heterocycles. The Morgan fingerprint density at radius 2 is 2.05 bits per heavy atom. The van der Waals surface area contributed by atoms with Gasteiger partial charge in [0.05, 0.1) is 16.0 Å². The van der Waals surface area contributed by atoms with Gasteiger partial charge in [0.1, 0.15) is 0 Å². The van der Waals surface area contributed by atoms with Crippen molar-refractivity contribution in [2.75, 3.05) is 5.32 Å². The first-order chi connectivity index (χ1) is 10.5. The highest BCUT2D eigenvalue weighted by atomic mass is 16.6. The van der Waals surface area contributed by atoms with Gasteiger partial charge >= 0.3 is 0 Å². The summed E-state index contributed by atoms with van der Waals surface area (Å²) in [6, 6.07) is 11.6. The number of imidazole rings is 1. The summed E-state index contributed by atoms with van der Waals surface area (Å²) in [6.45, 7) is 1.59. The van der Waals surface area contributed by atoms with E-state index in [4.69, 9.17) is 0 Å². The molecule has 22 heavy (non-hydrogen) atoms. The summed E-state index contributed by atoms with van der Waals surface area (Å²) in [7, 11) is 0. The Morgan fingerprint density at radius 3 is 2.73 bits per heavy atom. The summed E-state index contributed by atoms with van der Waals surface area (Å²) in [5.41, 5.74) is 2.32. The molecule has 0 atom stereocenters. The molecule has 110 valence electrons. The van der Waals surface area contributed by atoms with Crippen LogP contribution in [0.25, 0.3) is 11.0 Å². The zero-order valence-electron chi connectivity index (χ0n) is 11.7. The lowest BCUT2D eigenvalue weighted by molar-refractivity contribution is -0.385. The van der Waals surface area contributed by atoms with E-state index < -0.39 is 4.92 Å². The molecule has 0 aliphatic rings. The van der Waals surface area contributed by atoms with Crippen LogP contribution in [-0.4, -0.2) is 20.8 Å². The second-order valence-electron chi connectivity index (χ2n) is 4.82. The Hall–Kier alpha value is -3.22. The van der Waals surface area contributed by atoms with Crippen LogP contribution in [0.15, 0.2) is 42.5 Å². The van der Waals surface area contributed by atoms with Crippen LogP contribution in [0.5, 0.6) is 0 Å². The van der Waals surface area contributed by atoms with Crippen molar-refractivity contribution in [2.24, 2.45) is 0 Å². The van der Waals surface area contributed by atoms with Crippen molar-refractivity contribution in [2.45, 2.75) is 6.92 Å². The van der Waals surface area contributed by atoms with Crippen molar-refractivity contribution in [1.82, 2.24) is 9.97 Å². The molecule has 7 heteroatoms. The van der Waals surface area contributed by atoms with Gasteiger partial charge in [0.15, 0.2) is 0 Å². The molecule has 0 bridgehead atoms. The van der Waals surface area contributed by atoms with E-state index in [-0.39, 0.29) is 11.6 Å². The topological polar surface area (TPSA) is 101 Å². The van der Waals surface area contributed by atoms with Crippen molar-refractivity contribution in [3.05, 3.63) is 63.7 Å². The number of aromatic amines is 1.